The Balaban J connectivity index is 2.94. The Morgan fingerprint density at radius 3 is 2.43 bits per heavy atom. The number of benzene rings is 1. The molecular formula is C13H19N3O5. The summed E-state index contributed by atoms with van der Waals surface area (Å²) in [4.78, 5) is 22.0. The van der Waals surface area contributed by atoms with Crippen molar-refractivity contribution in [1.29, 1.82) is 0 Å². The van der Waals surface area contributed by atoms with Gasteiger partial charge in [-0.2, -0.15) is 0 Å². The van der Waals surface area contributed by atoms with Crippen LogP contribution in [-0.4, -0.2) is 37.6 Å². The fourth-order valence-corrected chi connectivity index (χ4v) is 1.76. The van der Waals surface area contributed by atoms with Crippen molar-refractivity contribution in [3.63, 3.8) is 0 Å². The van der Waals surface area contributed by atoms with E-state index in [1.165, 1.54) is 26.4 Å². The first-order chi connectivity index (χ1) is 9.90. The summed E-state index contributed by atoms with van der Waals surface area (Å²) in [6, 6.07) is 2.22. The average Bonchev–Trinajstić information content (AvgIpc) is 2.45. The summed E-state index contributed by atoms with van der Waals surface area (Å²) in [5, 5.41) is 13.7. The van der Waals surface area contributed by atoms with Gasteiger partial charge in [-0.05, 0) is 19.4 Å². The summed E-state index contributed by atoms with van der Waals surface area (Å²) >= 11 is 0. The molecule has 1 unspecified atom stereocenters. The van der Waals surface area contributed by atoms with Gasteiger partial charge in [0.15, 0.2) is 11.5 Å². The van der Waals surface area contributed by atoms with Crippen LogP contribution in [0, 0.1) is 10.1 Å². The van der Waals surface area contributed by atoms with Crippen LogP contribution < -0.4 is 20.5 Å². The maximum absolute atomic E-state index is 11.4. The van der Waals surface area contributed by atoms with Gasteiger partial charge in [-0.25, -0.2) is 0 Å². The lowest BCUT2D eigenvalue weighted by Crippen LogP contribution is -2.39. The molecule has 0 saturated carbocycles. The molecule has 1 aromatic carbocycles. The second-order valence-corrected chi connectivity index (χ2v) is 4.42. The van der Waals surface area contributed by atoms with Crippen LogP contribution in [-0.2, 0) is 11.2 Å². The van der Waals surface area contributed by atoms with E-state index in [9.17, 15) is 14.9 Å². The fourth-order valence-electron chi connectivity index (χ4n) is 1.76. The number of nitro groups is 1. The van der Waals surface area contributed by atoms with E-state index in [1.54, 1.807) is 6.92 Å². The van der Waals surface area contributed by atoms with Crippen molar-refractivity contribution in [2.45, 2.75) is 19.4 Å². The fraction of sp³-hybridized carbons (Fsp3) is 0.462. The molecule has 0 aliphatic heterocycles. The molecule has 8 heteroatoms. The third kappa shape index (κ3) is 4.32. The SMILES string of the molecule is COc1cc(CCNC(=O)C(C)N)c([N+](=O)[O-])cc1OC. The van der Waals surface area contributed by atoms with E-state index in [-0.39, 0.29) is 30.3 Å². The highest BCUT2D eigenvalue weighted by Gasteiger charge is 2.19. The minimum Gasteiger partial charge on any atom is -0.493 e. The molecule has 0 bridgehead atoms. The maximum Gasteiger partial charge on any atom is 0.276 e. The van der Waals surface area contributed by atoms with E-state index in [0.29, 0.717) is 11.3 Å². The minimum atomic E-state index is -0.620. The molecule has 0 radical (unpaired) electrons. The van der Waals surface area contributed by atoms with Gasteiger partial charge in [0.25, 0.3) is 5.69 Å². The summed E-state index contributed by atoms with van der Waals surface area (Å²) in [7, 11) is 2.86. The first-order valence-electron chi connectivity index (χ1n) is 6.33. The normalized spacial score (nSPS) is 11.6. The number of ether oxygens (including phenoxy) is 2. The Hall–Kier alpha value is -2.35. The zero-order valence-electron chi connectivity index (χ0n) is 12.2. The molecular weight excluding hydrogens is 278 g/mol. The van der Waals surface area contributed by atoms with Gasteiger partial charge in [-0.1, -0.05) is 0 Å². The van der Waals surface area contributed by atoms with E-state index < -0.39 is 11.0 Å². The van der Waals surface area contributed by atoms with Crippen LogP contribution in [0.4, 0.5) is 5.69 Å². The molecule has 1 aromatic rings. The molecule has 0 saturated heterocycles. The van der Waals surface area contributed by atoms with Crippen LogP contribution >= 0.6 is 0 Å². The zero-order valence-corrected chi connectivity index (χ0v) is 12.2. The lowest BCUT2D eigenvalue weighted by atomic mass is 10.1. The zero-order chi connectivity index (χ0) is 16.0. The van der Waals surface area contributed by atoms with E-state index >= 15 is 0 Å². The molecule has 3 N–H and O–H groups in total. The van der Waals surface area contributed by atoms with Crippen molar-refractivity contribution < 1.29 is 19.2 Å². The molecule has 8 nitrogen and oxygen atoms in total. The monoisotopic (exact) mass is 297 g/mol. The Bertz CT molecular complexity index is 531. The molecule has 0 aliphatic carbocycles. The highest BCUT2D eigenvalue weighted by atomic mass is 16.6. The van der Waals surface area contributed by atoms with Crippen LogP contribution in [0.5, 0.6) is 11.5 Å². The minimum absolute atomic E-state index is 0.0808. The maximum atomic E-state index is 11.4. The summed E-state index contributed by atoms with van der Waals surface area (Å²) < 4.78 is 10.2. The summed E-state index contributed by atoms with van der Waals surface area (Å²) in [5.74, 6) is 0.377. The number of hydrogen-bond acceptors (Lipinski definition) is 6. The molecule has 0 spiro atoms. The second kappa shape index (κ2) is 7.44. The van der Waals surface area contributed by atoms with Gasteiger partial charge in [-0.3, -0.25) is 14.9 Å². The predicted octanol–water partition coefficient (Wildman–Crippen LogP) is 0.618. The summed E-state index contributed by atoms with van der Waals surface area (Å²) in [5.41, 5.74) is 5.79. The standard InChI is InChI=1S/C13H19N3O5/c1-8(14)13(17)15-5-4-9-6-11(20-2)12(21-3)7-10(9)16(18)19/h6-8H,4-5,14H2,1-3H3,(H,15,17). The summed E-state index contributed by atoms with van der Waals surface area (Å²) in [6.07, 6.45) is 0.287. The number of methoxy groups -OCH3 is 2. The lowest BCUT2D eigenvalue weighted by molar-refractivity contribution is -0.385. The number of amides is 1. The predicted molar refractivity (Wildman–Crippen MR) is 76.6 cm³/mol. The topological polar surface area (TPSA) is 117 Å². The van der Waals surface area contributed by atoms with Gasteiger partial charge >= 0.3 is 0 Å². The molecule has 116 valence electrons. The number of rotatable bonds is 7. The molecule has 0 fully saturated rings. The van der Waals surface area contributed by atoms with Gasteiger partial charge in [-0.15, -0.1) is 0 Å². The van der Waals surface area contributed by atoms with Gasteiger partial charge in [0.1, 0.15) is 0 Å². The first kappa shape index (κ1) is 16.7. The molecule has 1 rings (SSSR count). The Labute approximate surface area is 122 Å². The van der Waals surface area contributed by atoms with Crippen molar-refractivity contribution in [1.82, 2.24) is 5.32 Å². The number of hydrogen-bond donors (Lipinski definition) is 2. The highest BCUT2D eigenvalue weighted by molar-refractivity contribution is 5.80. The van der Waals surface area contributed by atoms with E-state index in [0.717, 1.165) is 0 Å². The molecule has 0 aromatic heterocycles. The Kier molecular flexibility index (Phi) is 5.92. The Morgan fingerprint density at radius 1 is 1.38 bits per heavy atom. The quantitative estimate of drug-likeness (QED) is 0.563. The van der Waals surface area contributed by atoms with Crippen molar-refractivity contribution in [3.8, 4) is 11.5 Å². The van der Waals surface area contributed by atoms with Crippen LogP contribution in [0.2, 0.25) is 0 Å². The number of nitrogens with two attached hydrogens (primary N) is 1. The van der Waals surface area contributed by atoms with E-state index in [4.69, 9.17) is 15.2 Å². The molecule has 1 atom stereocenters. The molecule has 0 heterocycles. The smallest absolute Gasteiger partial charge is 0.276 e. The van der Waals surface area contributed by atoms with Gasteiger partial charge in [0.05, 0.1) is 31.3 Å². The van der Waals surface area contributed by atoms with Gasteiger partial charge in [0.2, 0.25) is 5.91 Å². The summed E-state index contributed by atoms with van der Waals surface area (Å²) in [6.45, 7) is 1.81. The van der Waals surface area contributed by atoms with Crippen LogP contribution in [0.3, 0.4) is 0 Å². The average molecular weight is 297 g/mol. The molecule has 0 aliphatic rings. The Morgan fingerprint density at radius 2 is 1.95 bits per heavy atom. The third-order valence-corrected chi connectivity index (χ3v) is 2.89. The van der Waals surface area contributed by atoms with Crippen molar-refractivity contribution in [3.05, 3.63) is 27.8 Å². The lowest BCUT2D eigenvalue weighted by Gasteiger charge is -2.11. The number of carbonyl (C=O) groups excluding carboxylic acids is 1. The molecule has 21 heavy (non-hydrogen) atoms. The van der Waals surface area contributed by atoms with Gasteiger partial charge in [0, 0.05) is 12.1 Å². The van der Waals surface area contributed by atoms with E-state index in [2.05, 4.69) is 5.32 Å². The van der Waals surface area contributed by atoms with Crippen molar-refractivity contribution in [2.75, 3.05) is 20.8 Å². The second-order valence-electron chi connectivity index (χ2n) is 4.42. The van der Waals surface area contributed by atoms with Crippen LogP contribution in [0.25, 0.3) is 0 Å². The first-order valence-corrected chi connectivity index (χ1v) is 6.33. The van der Waals surface area contributed by atoms with Gasteiger partial charge < -0.3 is 20.5 Å². The number of nitro benzene ring substituents is 1. The molecule has 1 amide bonds. The van der Waals surface area contributed by atoms with E-state index in [1.807, 2.05) is 0 Å². The number of nitrogens with zero attached hydrogens (tertiary/aromatic N) is 1. The highest BCUT2D eigenvalue weighted by Crippen LogP contribution is 2.34. The third-order valence-electron chi connectivity index (χ3n) is 2.89. The largest absolute Gasteiger partial charge is 0.493 e. The van der Waals surface area contributed by atoms with Crippen LogP contribution in [0.1, 0.15) is 12.5 Å². The number of carbonyl (C=O) groups is 1. The number of nitrogens with one attached hydrogen (secondary N) is 1. The van der Waals surface area contributed by atoms with Crippen molar-refractivity contribution in [2.24, 2.45) is 5.73 Å². The van der Waals surface area contributed by atoms with Crippen molar-refractivity contribution >= 4 is 11.6 Å². The van der Waals surface area contributed by atoms with Crippen LogP contribution in [0.15, 0.2) is 12.1 Å².